The molecule has 3 unspecified atom stereocenters. The number of rotatable bonds is 48. The first-order chi connectivity index (χ1) is 32.0. The van der Waals surface area contributed by atoms with Gasteiger partial charge in [-0.3, -0.25) is 9.59 Å². The van der Waals surface area contributed by atoms with Gasteiger partial charge in [0.2, 0.25) is 5.91 Å². The van der Waals surface area contributed by atoms with E-state index in [2.05, 4.69) is 62.5 Å². The van der Waals surface area contributed by atoms with Crippen LogP contribution < -0.4 is 5.32 Å². The van der Waals surface area contributed by atoms with Gasteiger partial charge >= 0.3 is 5.97 Å². The van der Waals surface area contributed by atoms with Crippen molar-refractivity contribution >= 4 is 11.9 Å². The van der Waals surface area contributed by atoms with E-state index in [0.717, 1.165) is 83.5 Å². The van der Waals surface area contributed by atoms with Crippen molar-refractivity contribution in [2.45, 2.75) is 270 Å². The second kappa shape index (κ2) is 52.0. The van der Waals surface area contributed by atoms with Crippen LogP contribution in [0.4, 0.5) is 0 Å². The molecule has 0 aromatic carbocycles. The lowest BCUT2D eigenvalue weighted by Gasteiger charge is -2.24. The number of carbonyl (C=O) groups excluding carboxylic acids is 2. The molecule has 0 heterocycles. The maximum atomic E-state index is 13.2. The lowest BCUT2D eigenvalue weighted by Crippen LogP contribution is -2.46. The van der Waals surface area contributed by atoms with Gasteiger partial charge in [-0.15, -0.1) is 0 Å². The Bertz CT molecular complexity index is 1250. The fraction of sp³-hybridized carbons (Fsp3) is 0.729. The van der Waals surface area contributed by atoms with Gasteiger partial charge in [0.25, 0.3) is 0 Å². The third-order valence-electron chi connectivity index (χ3n) is 12.1. The van der Waals surface area contributed by atoms with Crippen molar-refractivity contribution < 1.29 is 24.5 Å². The van der Waals surface area contributed by atoms with Crippen LogP contribution in [0.15, 0.2) is 85.1 Å². The summed E-state index contributed by atoms with van der Waals surface area (Å²) in [4.78, 5) is 26.2. The Hall–Kier alpha value is -2.96. The van der Waals surface area contributed by atoms with Crippen molar-refractivity contribution in [2.75, 3.05) is 6.61 Å². The second-order valence-electron chi connectivity index (χ2n) is 18.4. The molecule has 3 atom stereocenters. The summed E-state index contributed by atoms with van der Waals surface area (Å²) >= 11 is 0. The molecule has 0 bridgehead atoms. The standard InChI is InChI=1S/C59H103NO5/c1-4-7-10-13-16-19-22-25-28-29-31-34-37-40-43-46-49-52-59(64)65-55(50-47-44-41-38-35-32-27-24-21-18-15-12-9-6-3)53-58(63)60-56(54-61)57(62)51-48-45-42-39-36-33-30-26-23-20-17-14-11-8-5-2/h7,10,13,16,19,22,25,28-29,31-32,34-35,37,55-57,61-62H,4-6,8-9,11-12,14-15,17-18,20-21,23-24,26-27,30,33,36,38-54H2,1-3H3,(H,60,63)/b10-7-,16-13+,22-19+,28-25-,31-29+,35-32+,37-34+. The van der Waals surface area contributed by atoms with E-state index in [1.54, 1.807) is 0 Å². The average molecular weight is 906 g/mol. The highest BCUT2D eigenvalue weighted by atomic mass is 16.5. The molecule has 0 radical (unpaired) electrons. The molecular formula is C59H103NO5. The number of hydrogen-bond acceptors (Lipinski definition) is 5. The Kier molecular flexibility index (Phi) is 49.6. The molecule has 3 N–H and O–H groups in total. The number of unbranched alkanes of at least 4 members (excludes halogenated alkanes) is 27. The fourth-order valence-electron chi connectivity index (χ4n) is 7.99. The van der Waals surface area contributed by atoms with Gasteiger partial charge in [-0.25, -0.2) is 0 Å². The first kappa shape index (κ1) is 62.0. The van der Waals surface area contributed by atoms with Gasteiger partial charge in [-0.05, 0) is 70.6 Å². The van der Waals surface area contributed by atoms with Gasteiger partial charge in [-0.1, -0.05) is 254 Å². The van der Waals surface area contributed by atoms with Gasteiger partial charge in [0.15, 0.2) is 0 Å². The zero-order valence-electron chi connectivity index (χ0n) is 42.6. The molecule has 6 heteroatoms. The first-order valence-electron chi connectivity index (χ1n) is 27.4. The summed E-state index contributed by atoms with van der Waals surface area (Å²) in [6, 6.07) is -0.720. The van der Waals surface area contributed by atoms with Crippen LogP contribution in [-0.2, 0) is 14.3 Å². The van der Waals surface area contributed by atoms with Crippen molar-refractivity contribution in [3.05, 3.63) is 85.1 Å². The average Bonchev–Trinajstić information content (AvgIpc) is 3.30. The maximum absolute atomic E-state index is 13.2. The van der Waals surface area contributed by atoms with Crippen LogP contribution in [0.1, 0.15) is 252 Å². The zero-order valence-corrected chi connectivity index (χ0v) is 42.6. The summed E-state index contributed by atoms with van der Waals surface area (Å²) in [7, 11) is 0. The van der Waals surface area contributed by atoms with Crippen molar-refractivity contribution in [3.63, 3.8) is 0 Å². The molecule has 0 rings (SSSR count). The Morgan fingerprint density at radius 1 is 0.462 bits per heavy atom. The number of allylic oxidation sites excluding steroid dienone is 14. The van der Waals surface area contributed by atoms with Crippen LogP contribution in [0, 0.1) is 0 Å². The Balaban J connectivity index is 4.67. The molecular weight excluding hydrogens is 803 g/mol. The van der Waals surface area contributed by atoms with Crippen molar-refractivity contribution in [2.24, 2.45) is 0 Å². The highest BCUT2D eigenvalue weighted by molar-refractivity contribution is 5.77. The number of amides is 1. The van der Waals surface area contributed by atoms with E-state index in [9.17, 15) is 19.8 Å². The van der Waals surface area contributed by atoms with Gasteiger partial charge in [0.1, 0.15) is 6.10 Å². The van der Waals surface area contributed by atoms with Gasteiger partial charge in [0, 0.05) is 6.42 Å². The highest BCUT2D eigenvalue weighted by Gasteiger charge is 2.24. The fourth-order valence-corrected chi connectivity index (χ4v) is 7.99. The van der Waals surface area contributed by atoms with Gasteiger partial charge in [0.05, 0.1) is 25.2 Å². The number of aliphatic hydroxyl groups is 2. The van der Waals surface area contributed by atoms with Crippen LogP contribution in [0.25, 0.3) is 0 Å². The SMILES string of the molecule is CC\C=C/C=C/C=C/C=C\C=C\C=C\CCCCCC(=O)OC(CCCCC/C=C/CCCCCCCCC)CC(=O)NC(CO)C(O)CCCCCCCCCCCCCCCCC. The molecule has 374 valence electrons. The highest BCUT2D eigenvalue weighted by Crippen LogP contribution is 2.17. The van der Waals surface area contributed by atoms with Crippen LogP contribution in [0.5, 0.6) is 0 Å². The monoisotopic (exact) mass is 906 g/mol. The maximum Gasteiger partial charge on any atom is 0.306 e. The minimum Gasteiger partial charge on any atom is -0.462 e. The molecule has 0 aliphatic rings. The van der Waals surface area contributed by atoms with Crippen molar-refractivity contribution in [1.29, 1.82) is 0 Å². The minimum atomic E-state index is -0.804. The molecule has 0 spiro atoms. The summed E-state index contributed by atoms with van der Waals surface area (Å²) in [6.07, 6.45) is 67.8. The van der Waals surface area contributed by atoms with Crippen molar-refractivity contribution in [3.8, 4) is 0 Å². The third kappa shape index (κ3) is 47.3. The molecule has 1 amide bonds. The number of carbonyl (C=O) groups is 2. The largest absolute Gasteiger partial charge is 0.462 e. The molecule has 6 nitrogen and oxygen atoms in total. The summed E-state index contributed by atoms with van der Waals surface area (Å²) in [5.74, 6) is -0.540. The number of aliphatic hydroxyl groups excluding tert-OH is 2. The summed E-state index contributed by atoms with van der Waals surface area (Å²) < 4.78 is 5.92. The number of ether oxygens (including phenoxy) is 1. The molecule has 0 fully saturated rings. The minimum absolute atomic E-state index is 0.0454. The Morgan fingerprint density at radius 3 is 1.32 bits per heavy atom. The third-order valence-corrected chi connectivity index (χ3v) is 12.1. The second-order valence-corrected chi connectivity index (χ2v) is 18.4. The van der Waals surface area contributed by atoms with E-state index in [0.29, 0.717) is 19.3 Å². The summed E-state index contributed by atoms with van der Waals surface area (Å²) in [6.45, 7) is 6.33. The predicted octanol–water partition coefficient (Wildman–Crippen LogP) is 16.7. The Morgan fingerprint density at radius 2 is 0.846 bits per heavy atom. The zero-order chi connectivity index (χ0) is 47.4. The number of esters is 1. The first-order valence-corrected chi connectivity index (χ1v) is 27.4. The molecule has 0 saturated carbocycles. The van der Waals surface area contributed by atoms with Crippen LogP contribution >= 0.6 is 0 Å². The van der Waals surface area contributed by atoms with E-state index < -0.39 is 18.2 Å². The van der Waals surface area contributed by atoms with E-state index in [1.165, 1.54) is 122 Å². The smallest absolute Gasteiger partial charge is 0.306 e. The number of nitrogens with one attached hydrogen (secondary N) is 1. The van der Waals surface area contributed by atoms with Crippen LogP contribution in [0.3, 0.4) is 0 Å². The molecule has 0 aliphatic carbocycles. The van der Waals surface area contributed by atoms with Crippen LogP contribution in [-0.4, -0.2) is 46.9 Å². The normalized spacial score (nSPS) is 13.9. The lowest BCUT2D eigenvalue weighted by atomic mass is 10.0. The van der Waals surface area contributed by atoms with E-state index in [-0.39, 0.29) is 24.9 Å². The molecule has 65 heavy (non-hydrogen) atoms. The lowest BCUT2D eigenvalue weighted by molar-refractivity contribution is -0.151. The molecule has 0 aromatic rings. The van der Waals surface area contributed by atoms with Gasteiger partial charge < -0.3 is 20.3 Å². The summed E-state index contributed by atoms with van der Waals surface area (Å²) in [5.41, 5.74) is 0. The van der Waals surface area contributed by atoms with E-state index in [1.807, 2.05) is 48.6 Å². The van der Waals surface area contributed by atoms with E-state index in [4.69, 9.17) is 4.74 Å². The van der Waals surface area contributed by atoms with Crippen LogP contribution in [0.2, 0.25) is 0 Å². The molecule has 0 saturated heterocycles. The quantitative estimate of drug-likeness (QED) is 0.0245. The van der Waals surface area contributed by atoms with Gasteiger partial charge in [-0.2, -0.15) is 0 Å². The number of hydrogen-bond donors (Lipinski definition) is 3. The molecule has 0 aromatic heterocycles. The van der Waals surface area contributed by atoms with Crippen molar-refractivity contribution in [1.82, 2.24) is 5.32 Å². The molecule has 0 aliphatic heterocycles. The van der Waals surface area contributed by atoms with E-state index >= 15 is 0 Å². The predicted molar refractivity (Wildman–Crippen MR) is 282 cm³/mol. The summed E-state index contributed by atoms with van der Waals surface area (Å²) in [5, 5.41) is 23.8. The topological polar surface area (TPSA) is 95.9 Å². The Labute approximate surface area is 402 Å².